The molecule has 200 valence electrons. The lowest BCUT2D eigenvalue weighted by Gasteiger charge is -2.12. The third-order valence-corrected chi connectivity index (χ3v) is 7.01. The summed E-state index contributed by atoms with van der Waals surface area (Å²) in [6, 6.07) is 9.80. The van der Waals surface area contributed by atoms with Gasteiger partial charge in [0.1, 0.15) is 12.3 Å². The molecule has 1 heterocycles. The molecule has 0 saturated heterocycles. The average molecular weight is 516 g/mol. The number of pyridine rings is 1. The Labute approximate surface area is 224 Å². The Hall–Kier alpha value is -2.07. The van der Waals surface area contributed by atoms with Gasteiger partial charge in [0.2, 0.25) is 5.91 Å². The Balaban J connectivity index is 1.59. The van der Waals surface area contributed by atoms with Crippen LogP contribution in [-0.2, 0) is 24.3 Å². The van der Waals surface area contributed by atoms with Crippen molar-refractivity contribution in [3.8, 4) is 5.75 Å². The second kappa shape index (κ2) is 19.1. The maximum Gasteiger partial charge on any atom is 0.224 e. The molecule has 1 N–H and O–H groups in total. The smallest absolute Gasteiger partial charge is 0.224 e. The van der Waals surface area contributed by atoms with E-state index in [2.05, 4.69) is 36.1 Å². The topological polar surface area (TPSA) is 42.2 Å². The monoisotopic (exact) mass is 515 g/mol. The van der Waals surface area contributed by atoms with Crippen molar-refractivity contribution >= 4 is 17.5 Å². The summed E-state index contributed by atoms with van der Waals surface area (Å²) in [6.45, 7) is 6.61. The Morgan fingerprint density at radius 1 is 0.833 bits per heavy atom. The number of benzene rings is 1. The summed E-state index contributed by atoms with van der Waals surface area (Å²) >= 11 is 6.56. The van der Waals surface area contributed by atoms with Crippen LogP contribution >= 0.6 is 11.6 Å². The van der Waals surface area contributed by atoms with E-state index >= 15 is 0 Å². The van der Waals surface area contributed by atoms with Crippen molar-refractivity contribution in [2.24, 2.45) is 0 Å². The van der Waals surface area contributed by atoms with Crippen LogP contribution in [0.1, 0.15) is 108 Å². The zero-order valence-corrected chi connectivity index (χ0v) is 23.5. The quantitative estimate of drug-likeness (QED) is 0.143. The number of nitrogens with one attached hydrogen (secondary N) is 1. The minimum atomic E-state index is -0.0414. The predicted molar refractivity (Wildman–Crippen MR) is 151 cm³/mol. The molecule has 1 aromatic carbocycles. The van der Waals surface area contributed by atoms with Gasteiger partial charge < -0.3 is 10.1 Å². The van der Waals surface area contributed by atoms with Crippen molar-refractivity contribution < 1.29 is 14.1 Å². The van der Waals surface area contributed by atoms with Gasteiger partial charge in [0, 0.05) is 25.1 Å². The van der Waals surface area contributed by atoms with Crippen LogP contribution in [0.15, 0.2) is 42.7 Å². The van der Waals surface area contributed by atoms with Gasteiger partial charge in [-0.15, -0.1) is 0 Å². The lowest BCUT2D eigenvalue weighted by atomic mass is 10.1. The molecule has 0 aliphatic carbocycles. The van der Waals surface area contributed by atoms with Crippen molar-refractivity contribution in [2.75, 3.05) is 6.61 Å². The average Bonchev–Trinajstić information content (AvgIpc) is 2.88. The highest BCUT2D eigenvalue weighted by Crippen LogP contribution is 2.28. The summed E-state index contributed by atoms with van der Waals surface area (Å²) in [5, 5.41) is 3.54. The fourth-order valence-electron chi connectivity index (χ4n) is 4.38. The number of ether oxygens (including phenoxy) is 1. The van der Waals surface area contributed by atoms with E-state index in [9.17, 15) is 4.79 Å². The molecule has 2 rings (SSSR count). The number of hydrogen-bond acceptors (Lipinski definition) is 2. The largest absolute Gasteiger partial charge is 0.492 e. The fourth-order valence-corrected chi connectivity index (χ4v) is 4.63. The number of halogens is 1. The Morgan fingerprint density at radius 3 is 2.06 bits per heavy atom. The van der Waals surface area contributed by atoms with E-state index < -0.39 is 0 Å². The first-order valence-electron chi connectivity index (χ1n) is 14.3. The molecule has 1 amide bonds. The van der Waals surface area contributed by atoms with Crippen LogP contribution in [0.25, 0.3) is 0 Å². The maximum absolute atomic E-state index is 12.5. The zero-order chi connectivity index (χ0) is 25.8. The summed E-state index contributed by atoms with van der Waals surface area (Å²) < 4.78 is 8.09. The molecule has 0 unspecified atom stereocenters. The lowest BCUT2D eigenvalue weighted by molar-refractivity contribution is -0.697. The number of aromatic nitrogens is 1. The standard InChI is InChI=1S/C31H47ClN2O2/c1-3-5-6-7-8-9-10-11-12-13-14-15-24-36-29-18-16-17-28(31(29)32)25-30(35)33-26-27-19-22-34(21-4-2)23-20-27/h16-20,22-23H,3-15,21,24-26H2,1-2H3/p+1. The van der Waals surface area contributed by atoms with Gasteiger partial charge in [-0.25, -0.2) is 4.57 Å². The van der Waals surface area contributed by atoms with Crippen molar-refractivity contribution in [3.63, 3.8) is 0 Å². The van der Waals surface area contributed by atoms with Gasteiger partial charge in [0.25, 0.3) is 0 Å². The molecule has 36 heavy (non-hydrogen) atoms. The van der Waals surface area contributed by atoms with E-state index in [1.54, 1.807) is 0 Å². The first-order valence-corrected chi connectivity index (χ1v) is 14.7. The number of rotatable bonds is 20. The number of aryl methyl sites for hydroxylation is 1. The van der Waals surface area contributed by atoms with Crippen molar-refractivity contribution in [1.82, 2.24) is 5.32 Å². The molecule has 4 nitrogen and oxygen atoms in total. The molecule has 0 radical (unpaired) electrons. The van der Waals surface area contributed by atoms with Crippen LogP contribution in [0.3, 0.4) is 0 Å². The van der Waals surface area contributed by atoms with Crippen molar-refractivity contribution in [1.29, 1.82) is 0 Å². The molecule has 0 fully saturated rings. The van der Waals surface area contributed by atoms with Crippen LogP contribution in [0.4, 0.5) is 0 Å². The van der Waals surface area contributed by atoms with Crippen LogP contribution in [0.2, 0.25) is 5.02 Å². The van der Waals surface area contributed by atoms with Crippen LogP contribution < -0.4 is 14.6 Å². The molecule has 5 heteroatoms. The van der Waals surface area contributed by atoms with Crippen LogP contribution in [-0.4, -0.2) is 12.5 Å². The van der Waals surface area contributed by atoms with E-state index in [-0.39, 0.29) is 12.3 Å². The first-order chi connectivity index (χ1) is 17.6. The molecule has 0 bridgehead atoms. The van der Waals surface area contributed by atoms with Gasteiger partial charge in [0.05, 0.1) is 18.1 Å². The Kier molecular flexibility index (Phi) is 16.0. The van der Waals surface area contributed by atoms with Crippen LogP contribution in [0.5, 0.6) is 5.75 Å². The van der Waals surface area contributed by atoms with E-state index in [0.29, 0.717) is 23.9 Å². The number of carbonyl (C=O) groups excluding carboxylic acids is 1. The highest BCUT2D eigenvalue weighted by atomic mass is 35.5. The minimum Gasteiger partial charge on any atom is -0.492 e. The SMILES string of the molecule is CCCCCCCCCCCCCCOc1cccc(CC(=O)NCc2cc[n+](CCC)cc2)c1Cl. The number of hydrogen-bond donors (Lipinski definition) is 1. The van der Waals surface area contributed by atoms with Gasteiger partial charge in [-0.2, -0.15) is 0 Å². The Bertz CT molecular complexity index is 854. The normalized spacial score (nSPS) is 11.0. The highest BCUT2D eigenvalue weighted by Gasteiger charge is 2.11. The molecule has 0 saturated carbocycles. The second-order valence-corrected chi connectivity index (χ2v) is 10.2. The molecular weight excluding hydrogens is 468 g/mol. The number of amides is 1. The number of nitrogens with zero attached hydrogens (tertiary/aromatic N) is 1. The van der Waals surface area contributed by atoms with Gasteiger partial charge in [-0.05, 0) is 23.6 Å². The summed E-state index contributed by atoms with van der Waals surface area (Å²) in [7, 11) is 0. The molecule has 2 aromatic rings. The molecule has 0 aliphatic heterocycles. The second-order valence-electron chi connectivity index (χ2n) is 9.86. The zero-order valence-electron chi connectivity index (χ0n) is 22.7. The molecule has 0 spiro atoms. The molecule has 0 atom stereocenters. The van der Waals surface area contributed by atoms with E-state index in [1.807, 2.05) is 30.3 Å². The van der Waals surface area contributed by atoms with Crippen LogP contribution in [0, 0.1) is 0 Å². The summed E-state index contributed by atoms with van der Waals surface area (Å²) in [5.74, 6) is 0.633. The first kappa shape index (κ1) is 30.2. The summed E-state index contributed by atoms with van der Waals surface area (Å²) in [4.78, 5) is 12.5. The third-order valence-electron chi connectivity index (χ3n) is 6.58. The third kappa shape index (κ3) is 12.8. The van der Waals surface area contributed by atoms with Gasteiger partial charge in [0.15, 0.2) is 12.4 Å². The fraction of sp³-hybridized carbons (Fsp3) is 0.613. The van der Waals surface area contributed by atoms with Gasteiger partial charge in [-0.3, -0.25) is 4.79 Å². The molecule has 0 aliphatic rings. The van der Waals surface area contributed by atoms with Gasteiger partial charge >= 0.3 is 0 Å². The maximum atomic E-state index is 12.5. The Morgan fingerprint density at radius 2 is 1.44 bits per heavy atom. The minimum absolute atomic E-state index is 0.0414. The summed E-state index contributed by atoms with van der Waals surface area (Å²) in [6.07, 6.45) is 21.3. The van der Waals surface area contributed by atoms with Crippen molar-refractivity contribution in [3.05, 3.63) is 58.9 Å². The molecule has 1 aromatic heterocycles. The number of unbranched alkanes of at least 4 members (excludes halogenated alkanes) is 11. The summed E-state index contributed by atoms with van der Waals surface area (Å²) in [5.41, 5.74) is 1.89. The van der Waals surface area contributed by atoms with E-state index in [4.69, 9.17) is 16.3 Å². The number of carbonyl (C=O) groups is 1. The van der Waals surface area contributed by atoms with Gasteiger partial charge in [-0.1, -0.05) is 108 Å². The lowest BCUT2D eigenvalue weighted by Crippen LogP contribution is -2.32. The predicted octanol–water partition coefficient (Wildman–Crippen LogP) is 7.98. The highest BCUT2D eigenvalue weighted by molar-refractivity contribution is 6.33. The van der Waals surface area contributed by atoms with Crippen molar-refractivity contribution in [2.45, 2.75) is 117 Å². The molecular formula is C31H48ClN2O2+. The van der Waals surface area contributed by atoms with E-state index in [0.717, 1.165) is 30.5 Å². The van der Waals surface area contributed by atoms with E-state index in [1.165, 1.54) is 70.6 Å².